The minimum Gasteiger partial charge on any atom is -0.481 e. The molecule has 5 heteroatoms. The van der Waals surface area contributed by atoms with Crippen LogP contribution in [0.1, 0.15) is 12.5 Å². The van der Waals surface area contributed by atoms with E-state index in [0.29, 0.717) is 10.8 Å². The molecule has 0 aromatic heterocycles. The molecule has 0 aliphatic rings. The number of thioether (sulfide) groups is 1. The Morgan fingerprint density at radius 1 is 1.04 bits per heavy atom. The van der Waals surface area contributed by atoms with E-state index in [1.807, 2.05) is 42.5 Å². The maximum Gasteiger partial charge on any atom is 0.265 e. The van der Waals surface area contributed by atoms with Gasteiger partial charge in [-0.3, -0.25) is 4.79 Å². The maximum absolute atomic E-state index is 12.3. The molecule has 0 unspecified atom stereocenters. The molecule has 3 aromatic carbocycles. The topological polar surface area (TPSA) is 38.3 Å². The summed E-state index contributed by atoms with van der Waals surface area (Å²) in [6.07, 6.45) is -0.628. The van der Waals surface area contributed by atoms with Crippen LogP contribution in [-0.4, -0.2) is 12.0 Å². The monoisotopic (exact) mass is 397 g/mol. The highest BCUT2D eigenvalue weighted by molar-refractivity contribution is 7.98. The third-order valence-electron chi connectivity index (χ3n) is 3.85. The Kier molecular flexibility index (Phi) is 6.80. The van der Waals surface area contributed by atoms with Gasteiger partial charge in [-0.05, 0) is 55.0 Å². The summed E-state index contributed by atoms with van der Waals surface area (Å²) in [6, 6.07) is 25.1. The van der Waals surface area contributed by atoms with Crippen LogP contribution in [0, 0.1) is 0 Å². The Hall–Kier alpha value is -2.43. The van der Waals surface area contributed by atoms with Crippen molar-refractivity contribution in [1.82, 2.24) is 0 Å². The number of amides is 1. The first kappa shape index (κ1) is 19.3. The summed E-state index contributed by atoms with van der Waals surface area (Å²) in [6.45, 7) is 1.71. The van der Waals surface area contributed by atoms with Crippen LogP contribution in [0.25, 0.3) is 0 Å². The lowest BCUT2D eigenvalue weighted by atomic mass is 10.2. The quantitative estimate of drug-likeness (QED) is 0.494. The molecular weight excluding hydrogens is 378 g/mol. The number of carbonyl (C=O) groups is 1. The standard InChI is InChI=1S/C22H20ClNO2S/c1-16(26-20-7-5-6-18(23)14-20)22(25)24-19-12-10-17(11-13-19)15-27-21-8-3-2-4-9-21/h2-14,16H,15H2,1H3,(H,24,25)/t16-/m1/s1. The Bertz CT molecular complexity index is 884. The van der Waals surface area contributed by atoms with Crippen LogP contribution < -0.4 is 10.1 Å². The fourth-order valence-electron chi connectivity index (χ4n) is 2.41. The number of hydrogen-bond acceptors (Lipinski definition) is 3. The highest BCUT2D eigenvalue weighted by Gasteiger charge is 2.15. The fraction of sp³-hybridized carbons (Fsp3) is 0.136. The van der Waals surface area contributed by atoms with Crippen molar-refractivity contribution in [3.05, 3.63) is 89.4 Å². The minimum absolute atomic E-state index is 0.207. The zero-order chi connectivity index (χ0) is 19.1. The summed E-state index contributed by atoms with van der Waals surface area (Å²) in [5, 5.41) is 3.45. The van der Waals surface area contributed by atoms with Crippen LogP contribution in [0.3, 0.4) is 0 Å². The lowest BCUT2D eigenvalue weighted by molar-refractivity contribution is -0.122. The summed E-state index contributed by atoms with van der Waals surface area (Å²) in [5.74, 6) is 1.24. The molecule has 0 fully saturated rings. The van der Waals surface area contributed by atoms with E-state index in [9.17, 15) is 4.79 Å². The van der Waals surface area contributed by atoms with Crippen molar-refractivity contribution < 1.29 is 9.53 Å². The number of carbonyl (C=O) groups excluding carboxylic acids is 1. The Labute approximate surface area is 168 Å². The van der Waals surface area contributed by atoms with Gasteiger partial charge in [-0.25, -0.2) is 0 Å². The van der Waals surface area contributed by atoms with E-state index in [1.54, 1.807) is 43.0 Å². The smallest absolute Gasteiger partial charge is 0.265 e. The van der Waals surface area contributed by atoms with E-state index in [0.717, 1.165) is 11.4 Å². The van der Waals surface area contributed by atoms with Gasteiger partial charge in [0, 0.05) is 21.4 Å². The number of ether oxygens (including phenoxy) is 1. The van der Waals surface area contributed by atoms with E-state index in [2.05, 4.69) is 17.4 Å². The lowest BCUT2D eigenvalue weighted by Crippen LogP contribution is -2.30. The summed E-state index contributed by atoms with van der Waals surface area (Å²) in [5.41, 5.74) is 1.94. The van der Waals surface area contributed by atoms with Crippen LogP contribution in [0.5, 0.6) is 5.75 Å². The molecule has 0 bridgehead atoms. The number of hydrogen-bond donors (Lipinski definition) is 1. The number of rotatable bonds is 7. The molecule has 1 atom stereocenters. The van der Waals surface area contributed by atoms with Crippen LogP contribution in [0.2, 0.25) is 5.02 Å². The van der Waals surface area contributed by atoms with Gasteiger partial charge in [0.05, 0.1) is 0 Å². The first-order valence-electron chi connectivity index (χ1n) is 8.60. The molecular formula is C22H20ClNO2S. The molecule has 1 amide bonds. The second-order valence-corrected chi connectivity index (χ2v) is 7.49. The fourth-order valence-corrected chi connectivity index (χ4v) is 3.47. The van der Waals surface area contributed by atoms with Crippen molar-refractivity contribution in [2.75, 3.05) is 5.32 Å². The molecule has 27 heavy (non-hydrogen) atoms. The molecule has 0 saturated carbocycles. The average Bonchev–Trinajstić information content (AvgIpc) is 2.68. The minimum atomic E-state index is -0.628. The molecule has 0 saturated heterocycles. The first-order chi connectivity index (χ1) is 13.1. The van der Waals surface area contributed by atoms with Gasteiger partial charge in [-0.2, -0.15) is 0 Å². The number of halogens is 1. The van der Waals surface area contributed by atoms with Gasteiger partial charge in [0.2, 0.25) is 0 Å². The predicted molar refractivity (Wildman–Crippen MR) is 113 cm³/mol. The van der Waals surface area contributed by atoms with Crippen LogP contribution >= 0.6 is 23.4 Å². The molecule has 3 aromatic rings. The summed E-state index contributed by atoms with van der Waals surface area (Å²) >= 11 is 7.72. The predicted octanol–water partition coefficient (Wildman–Crippen LogP) is 6.04. The van der Waals surface area contributed by atoms with Crippen molar-refractivity contribution in [1.29, 1.82) is 0 Å². The van der Waals surface area contributed by atoms with E-state index in [1.165, 1.54) is 10.5 Å². The zero-order valence-electron chi connectivity index (χ0n) is 14.9. The molecule has 3 rings (SSSR count). The van der Waals surface area contributed by atoms with Crippen molar-refractivity contribution in [2.45, 2.75) is 23.7 Å². The third kappa shape index (κ3) is 6.05. The van der Waals surface area contributed by atoms with Crippen LogP contribution in [0.15, 0.2) is 83.8 Å². The van der Waals surface area contributed by atoms with Gasteiger partial charge in [0.1, 0.15) is 5.75 Å². The summed E-state index contributed by atoms with van der Waals surface area (Å²) < 4.78 is 5.64. The molecule has 0 aliphatic heterocycles. The second-order valence-electron chi connectivity index (χ2n) is 6.01. The Morgan fingerprint density at radius 3 is 2.48 bits per heavy atom. The molecule has 0 radical (unpaired) electrons. The van der Waals surface area contributed by atoms with Crippen molar-refractivity contribution in [3.63, 3.8) is 0 Å². The van der Waals surface area contributed by atoms with Gasteiger partial charge in [0.25, 0.3) is 5.91 Å². The van der Waals surface area contributed by atoms with E-state index in [4.69, 9.17) is 16.3 Å². The molecule has 1 N–H and O–H groups in total. The van der Waals surface area contributed by atoms with Gasteiger partial charge in [-0.1, -0.05) is 48.0 Å². The molecule has 3 nitrogen and oxygen atoms in total. The number of anilines is 1. The van der Waals surface area contributed by atoms with Gasteiger partial charge < -0.3 is 10.1 Å². The number of benzene rings is 3. The van der Waals surface area contributed by atoms with Gasteiger partial charge in [-0.15, -0.1) is 11.8 Å². The Balaban J connectivity index is 1.51. The summed E-state index contributed by atoms with van der Waals surface area (Å²) in [4.78, 5) is 13.6. The third-order valence-corrected chi connectivity index (χ3v) is 5.17. The molecule has 0 heterocycles. The van der Waals surface area contributed by atoms with E-state index in [-0.39, 0.29) is 5.91 Å². The van der Waals surface area contributed by atoms with Crippen molar-refractivity contribution in [3.8, 4) is 5.75 Å². The SMILES string of the molecule is C[C@@H](Oc1cccc(Cl)c1)C(=O)Nc1ccc(CSc2ccccc2)cc1. The van der Waals surface area contributed by atoms with Crippen LogP contribution in [-0.2, 0) is 10.5 Å². The van der Waals surface area contributed by atoms with Crippen molar-refractivity contribution in [2.24, 2.45) is 0 Å². The van der Waals surface area contributed by atoms with E-state index >= 15 is 0 Å². The van der Waals surface area contributed by atoms with E-state index < -0.39 is 6.10 Å². The average molecular weight is 398 g/mol. The largest absolute Gasteiger partial charge is 0.481 e. The molecule has 138 valence electrons. The van der Waals surface area contributed by atoms with Crippen LogP contribution in [0.4, 0.5) is 5.69 Å². The number of nitrogens with one attached hydrogen (secondary N) is 1. The van der Waals surface area contributed by atoms with Gasteiger partial charge >= 0.3 is 0 Å². The maximum atomic E-state index is 12.3. The zero-order valence-corrected chi connectivity index (χ0v) is 16.5. The second kappa shape index (κ2) is 9.49. The molecule has 0 aliphatic carbocycles. The highest BCUT2D eigenvalue weighted by atomic mass is 35.5. The first-order valence-corrected chi connectivity index (χ1v) is 9.96. The van der Waals surface area contributed by atoms with Gasteiger partial charge in [0.15, 0.2) is 6.10 Å². The highest BCUT2D eigenvalue weighted by Crippen LogP contribution is 2.23. The lowest BCUT2D eigenvalue weighted by Gasteiger charge is -2.15. The Morgan fingerprint density at radius 2 is 1.78 bits per heavy atom. The van der Waals surface area contributed by atoms with Crippen molar-refractivity contribution >= 4 is 35.0 Å². The normalized spacial score (nSPS) is 11.6. The summed E-state index contributed by atoms with van der Waals surface area (Å²) in [7, 11) is 0. The molecule has 0 spiro atoms.